The highest BCUT2D eigenvalue weighted by Gasteiger charge is 2.06. The molecule has 0 saturated carbocycles. The van der Waals surface area contributed by atoms with Crippen molar-refractivity contribution in [1.82, 2.24) is 0 Å². The fourth-order valence-corrected chi connectivity index (χ4v) is 1.61. The van der Waals surface area contributed by atoms with E-state index in [0.29, 0.717) is 0 Å². The fourth-order valence-electron chi connectivity index (χ4n) is 1.61. The van der Waals surface area contributed by atoms with Crippen LogP contribution in [0.25, 0.3) is 0 Å². The molecule has 0 spiro atoms. The lowest BCUT2D eigenvalue weighted by atomic mass is 10.2. The number of non-ortho nitro benzene ring substituents is 1. The van der Waals surface area contributed by atoms with Gasteiger partial charge < -0.3 is 5.11 Å². The van der Waals surface area contributed by atoms with Gasteiger partial charge in [0.15, 0.2) is 0 Å². The number of aliphatic imine (C=N–C) groups is 1. The Kier molecular flexibility index (Phi) is 3.74. The van der Waals surface area contributed by atoms with Crippen LogP contribution in [0.1, 0.15) is 11.1 Å². The molecule has 0 aliphatic carbocycles. The van der Waals surface area contributed by atoms with Crippen LogP contribution in [-0.2, 0) is 0 Å². The summed E-state index contributed by atoms with van der Waals surface area (Å²) in [7, 11) is 0. The first kappa shape index (κ1) is 13.7. The number of benzene rings is 2. The minimum atomic E-state index is -0.608. The van der Waals surface area contributed by atoms with Gasteiger partial charge in [-0.05, 0) is 30.2 Å². The quantitative estimate of drug-likeness (QED) is 0.490. The second-order valence-electron chi connectivity index (χ2n) is 4.19. The number of aryl methyl sites for hydroxylation is 1. The smallest absolute Gasteiger partial charge is 0.270 e. The summed E-state index contributed by atoms with van der Waals surface area (Å²) < 4.78 is 13.6. The minimum Gasteiger partial charge on any atom is -0.872 e. The van der Waals surface area contributed by atoms with E-state index in [9.17, 15) is 19.6 Å². The summed E-state index contributed by atoms with van der Waals surface area (Å²) in [4.78, 5) is 13.9. The number of halogens is 1. The Balaban J connectivity index is 2.35. The lowest BCUT2D eigenvalue weighted by Crippen LogP contribution is -1.98. The average molecular weight is 273 g/mol. The number of nitro benzene ring substituents is 1. The van der Waals surface area contributed by atoms with Crippen molar-refractivity contribution in [2.45, 2.75) is 6.92 Å². The van der Waals surface area contributed by atoms with Crippen molar-refractivity contribution in [2.24, 2.45) is 4.99 Å². The summed E-state index contributed by atoms with van der Waals surface area (Å²) >= 11 is 0. The molecule has 0 saturated heterocycles. The minimum absolute atomic E-state index is 0.0409. The topological polar surface area (TPSA) is 78.6 Å². The molecule has 0 atom stereocenters. The first-order valence-electron chi connectivity index (χ1n) is 5.73. The van der Waals surface area contributed by atoms with Gasteiger partial charge in [0.05, 0.1) is 10.6 Å². The van der Waals surface area contributed by atoms with Gasteiger partial charge in [-0.3, -0.25) is 15.1 Å². The summed E-state index contributed by atoms with van der Waals surface area (Å²) in [6.07, 6.45) is 1.13. The van der Waals surface area contributed by atoms with Crippen LogP contribution in [0.15, 0.2) is 41.4 Å². The Morgan fingerprint density at radius 2 is 2.00 bits per heavy atom. The highest BCUT2D eigenvalue weighted by atomic mass is 19.1. The summed E-state index contributed by atoms with van der Waals surface area (Å²) in [6, 6.07) is 7.79. The van der Waals surface area contributed by atoms with Gasteiger partial charge in [0, 0.05) is 18.3 Å². The molecule has 20 heavy (non-hydrogen) atoms. The highest BCUT2D eigenvalue weighted by Crippen LogP contribution is 2.22. The Hall–Kier alpha value is -2.76. The highest BCUT2D eigenvalue weighted by molar-refractivity contribution is 5.86. The maximum atomic E-state index is 13.6. The van der Waals surface area contributed by atoms with Crippen LogP contribution in [0.4, 0.5) is 15.8 Å². The maximum absolute atomic E-state index is 13.6. The van der Waals surface area contributed by atoms with Crippen LogP contribution in [0, 0.1) is 22.9 Å². The predicted molar refractivity (Wildman–Crippen MR) is 70.9 cm³/mol. The largest absolute Gasteiger partial charge is 0.872 e. The second-order valence-corrected chi connectivity index (χ2v) is 4.19. The SMILES string of the molecule is Cc1ccc(N=Cc2cc([N+](=O)[O-])ccc2[O-])c(F)c1. The van der Waals surface area contributed by atoms with E-state index in [0.717, 1.165) is 30.0 Å². The van der Waals surface area contributed by atoms with Crippen LogP contribution in [0.5, 0.6) is 5.75 Å². The van der Waals surface area contributed by atoms with Crippen molar-refractivity contribution >= 4 is 17.6 Å². The van der Waals surface area contributed by atoms with E-state index < -0.39 is 16.5 Å². The van der Waals surface area contributed by atoms with E-state index in [-0.39, 0.29) is 16.9 Å². The zero-order chi connectivity index (χ0) is 14.7. The number of nitro groups is 1. The van der Waals surface area contributed by atoms with Gasteiger partial charge in [-0.1, -0.05) is 17.9 Å². The maximum Gasteiger partial charge on any atom is 0.270 e. The molecule has 0 radical (unpaired) electrons. The van der Waals surface area contributed by atoms with Crippen LogP contribution < -0.4 is 5.11 Å². The molecule has 0 unspecified atom stereocenters. The van der Waals surface area contributed by atoms with Gasteiger partial charge in [0.25, 0.3) is 5.69 Å². The molecule has 2 rings (SSSR count). The van der Waals surface area contributed by atoms with E-state index in [2.05, 4.69) is 4.99 Å². The summed E-state index contributed by atoms with van der Waals surface area (Å²) in [5, 5.41) is 22.2. The molecule has 6 heteroatoms. The van der Waals surface area contributed by atoms with E-state index in [1.54, 1.807) is 13.0 Å². The molecule has 0 aliphatic rings. The van der Waals surface area contributed by atoms with Crippen molar-refractivity contribution in [3.8, 4) is 5.75 Å². The first-order chi connectivity index (χ1) is 9.47. The molecular formula is C14H10FN2O3-. The summed E-state index contributed by atoms with van der Waals surface area (Å²) in [6.45, 7) is 1.74. The third kappa shape index (κ3) is 2.97. The molecule has 5 nitrogen and oxygen atoms in total. The third-order valence-electron chi connectivity index (χ3n) is 2.65. The fraction of sp³-hybridized carbons (Fsp3) is 0.0714. The zero-order valence-electron chi connectivity index (χ0n) is 10.5. The summed E-state index contributed by atoms with van der Waals surface area (Å²) in [5.41, 5.74) is 0.650. The third-order valence-corrected chi connectivity index (χ3v) is 2.65. The van der Waals surface area contributed by atoms with Crippen molar-refractivity contribution in [1.29, 1.82) is 0 Å². The van der Waals surface area contributed by atoms with E-state index >= 15 is 0 Å². The van der Waals surface area contributed by atoms with Crippen molar-refractivity contribution < 1.29 is 14.4 Å². The lowest BCUT2D eigenvalue weighted by molar-refractivity contribution is -0.385. The van der Waals surface area contributed by atoms with Gasteiger partial charge in [0.2, 0.25) is 0 Å². The van der Waals surface area contributed by atoms with Gasteiger partial charge in [-0.25, -0.2) is 4.39 Å². The standard InChI is InChI=1S/C14H11FN2O3/c1-9-2-4-13(12(15)6-9)16-8-10-7-11(17(19)20)3-5-14(10)18/h2-8,18H,1H3/p-1. The van der Waals surface area contributed by atoms with Crippen molar-refractivity contribution in [2.75, 3.05) is 0 Å². The molecular weight excluding hydrogens is 263 g/mol. The molecule has 0 heterocycles. The molecule has 2 aromatic rings. The van der Waals surface area contributed by atoms with Crippen LogP contribution in [0.2, 0.25) is 0 Å². The lowest BCUT2D eigenvalue weighted by Gasteiger charge is -2.08. The Morgan fingerprint density at radius 3 is 2.65 bits per heavy atom. The molecule has 0 aliphatic heterocycles. The molecule has 102 valence electrons. The Morgan fingerprint density at radius 1 is 1.25 bits per heavy atom. The number of hydrogen-bond acceptors (Lipinski definition) is 4. The Labute approximate surface area is 114 Å². The predicted octanol–water partition coefficient (Wildman–Crippen LogP) is 2.87. The van der Waals surface area contributed by atoms with Crippen molar-refractivity contribution in [3.05, 3.63) is 63.5 Å². The molecule has 0 aromatic heterocycles. The normalized spacial score (nSPS) is 10.9. The molecule has 2 aromatic carbocycles. The number of rotatable bonds is 3. The number of hydrogen-bond donors (Lipinski definition) is 0. The van der Waals surface area contributed by atoms with Gasteiger partial charge in [-0.15, -0.1) is 0 Å². The van der Waals surface area contributed by atoms with E-state index in [4.69, 9.17) is 0 Å². The van der Waals surface area contributed by atoms with Crippen LogP contribution in [0.3, 0.4) is 0 Å². The molecule has 0 bridgehead atoms. The molecule has 0 N–H and O–H groups in total. The van der Waals surface area contributed by atoms with Crippen LogP contribution >= 0.6 is 0 Å². The summed E-state index contributed by atoms with van der Waals surface area (Å²) in [5.74, 6) is -0.925. The van der Waals surface area contributed by atoms with Gasteiger partial charge >= 0.3 is 0 Å². The average Bonchev–Trinajstić information content (AvgIpc) is 2.39. The monoisotopic (exact) mass is 273 g/mol. The van der Waals surface area contributed by atoms with Crippen molar-refractivity contribution in [3.63, 3.8) is 0 Å². The first-order valence-corrected chi connectivity index (χ1v) is 5.73. The Bertz CT molecular complexity index is 699. The van der Waals surface area contributed by atoms with E-state index in [1.807, 2.05) is 0 Å². The molecule has 0 fully saturated rings. The van der Waals surface area contributed by atoms with Crippen LogP contribution in [-0.4, -0.2) is 11.1 Å². The van der Waals surface area contributed by atoms with E-state index in [1.165, 1.54) is 12.1 Å². The second kappa shape index (κ2) is 5.48. The van der Waals surface area contributed by atoms with Gasteiger partial charge in [0.1, 0.15) is 5.82 Å². The van der Waals surface area contributed by atoms with Gasteiger partial charge in [-0.2, -0.15) is 0 Å². The zero-order valence-corrected chi connectivity index (χ0v) is 10.5. The number of nitrogens with zero attached hydrogens (tertiary/aromatic N) is 2. The molecule has 0 amide bonds.